The van der Waals surface area contributed by atoms with Gasteiger partial charge in [-0.25, -0.2) is 4.98 Å². The molecule has 2 aromatic rings. The first-order valence-electron chi connectivity index (χ1n) is 6.42. The lowest BCUT2D eigenvalue weighted by atomic mass is 10.1. The van der Waals surface area contributed by atoms with Gasteiger partial charge in [0.05, 0.1) is 10.7 Å². The van der Waals surface area contributed by atoms with Crippen LogP contribution in [0.1, 0.15) is 21.8 Å². The van der Waals surface area contributed by atoms with Gasteiger partial charge in [0.2, 0.25) is 0 Å². The number of anilines is 1. The first-order valence-corrected chi connectivity index (χ1v) is 7.30. The lowest BCUT2D eigenvalue weighted by molar-refractivity contribution is -0.113. The molecule has 0 fully saturated rings. The Bertz CT molecular complexity index is 658. The van der Waals surface area contributed by atoms with Crippen molar-refractivity contribution in [1.29, 1.82) is 0 Å². The molecule has 0 saturated heterocycles. The fraction of sp³-hybridized carbons (Fsp3) is 0.250. The topological polar surface area (TPSA) is 33.2 Å². The zero-order valence-electron chi connectivity index (χ0n) is 12.2. The fourth-order valence-corrected chi connectivity index (χ4v) is 2.61. The Morgan fingerprint density at radius 3 is 2.65 bits per heavy atom. The molecule has 1 heterocycles. The van der Waals surface area contributed by atoms with E-state index in [1.165, 1.54) is 5.56 Å². The van der Waals surface area contributed by atoms with Crippen molar-refractivity contribution in [2.24, 2.45) is 0 Å². The highest BCUT2D eigenvalue weighted by Crippen LogP contribution is 2.20. The standard InChI is InChI=1S/C16H18N2OS/c1-11-5-7-15(12(2)9-11)18(4)16(19)8-6-14-10-20-13(3)17-14/h5-10H,1-4H3. The summed E-state index contributed by atoms with van der Waals surface area (Å²) in [6.07, 6.45) is 3.32. The van der Waals surface area contributed by atoms with Crippen LogP contribution >= 0.6 is 11.3 Å². The van der Waals surface area contributed by atoms with Crippen molar-refractivity contribution in [3.8, 4) is 0 Å². The number of carbonyl (C=O) groups excluding carboxylic acids is 1. The van der Waals surface area contributed by atoms with Crippen LogP contribution in [0, 0.1) is 20.8 Å². The Morgan fingerprint density at radius 2 is 2.05 bits per heavy atom. The number of aromatic nitrogens is 1. The first kappa shape index (κ1) is 14.5. The largest absolute Gasteiger partial charge is 0.312 e. The van der Waals surface area contributed by atoms with E-state index < -0.39 is 0 Å². The second kappa shape index (κ2) is 6.01. The molecule has 3 nitrogen and oxygen atoms in total. The van der Waals surface area contributed by atoms with Crippen molar-refractivity contribution in [1.82, 2.24) is 4.98 Å². The smallest absolute Gasteiger partial charge is 0.250 e. The minimum Gasteiger partial charge on any atom is -0.312 e. The van der Waals surface area contributed by atoms with Gasteiger partial charge >= 0.3 is 0 Å². The maximum atomic E-state index is 12.2. The van der Waals surface area contributed by atoms with E-state index >= 15 is 0 Å². The first-order chi connectivity index (χ1) is 9.47. The Hall–Kier alpha value is -1.94. The number of likely N-dealkylation sites (N-methyl/N-ethyl adjacent to an activating group) is 1. The minimum absolute atomic E-state index is 0.0531. The summed E-state index contributed by atoms with van der Waals surface area (Å²) in [7, 11) is 1.79. The molecule has 0 aliphatic carbocycles. The van der Waals surface area contributed by atoms with Gasteiger partial charge in [-0.3, -0.25) is 4.79 Å². The summed E-state index contributed by atoms with van der Waals surface area (Å²) in [4.78, 5) is 18.1. The van der Waals surface area contributed by atoms with Gasteiger partial charge in [0.15, 0.2) is 0 Å². The molecule has 1 aromatic carbocycles. The molecular weight excluding hydrogens is 268 g/mol. The summed E-state index contributed by atoms with van der Waals surface area (Å²) in [6.45, 7) is 6.01. The molecule has 4 heteroatoms. The van der Waals surface area contributed by atoms with Gasteiger partial charge in [0.1, 0.15) is 0 Å². The van der Waals surface area contributed by atoms with Gasteiger partial charge in [0, 0.05) is 24.2 Å². The zero-order valence-corrected chi connectivity index (χ0v) is 13.0. The molecule has 1 amide bonds. The predicted octanol–water partition coefficient (Wildman–Crippen LogP) is 3.74. The molecule has 20 heavy (non-hydrogen) atoms. The molecule has 0 unspecified atom stereocenters. The van der Waals surface area contributed by atoms with E-state index in [4.69, 9.17) is 0 Å². The highest BCUT2D eigenvalue weighted by atomic mass is 32.1. The monoisotopic (exact) mass is 286 g/mol. The van der Waals surface area contributed by atoms with E-state index in [1.807, 2.05) is 38.3 Å². The Morgan fingerprint density at radius 1 is 1.30 bits per heavy atom. The van der Waals surface area contributed by atoms with Gasteiger partial charge < -0.3 is 4.90 Å². The predicted molar refractivity (Wildman–Crippen MR) is 85.2 cm³/mol. The van der Waals surface area contributed by atoms with Crippen LogP contribution in [0.3, 0.4) is 0 Å². The van der Waals surface area contributed by atoms with Crippen LogP contribution in [0.4, 0.5) is 5.69 Å². The molecule has 0 N–H and O–H groups in total. The average Bonchev–Trinajstić information content (AvgIpc) is 2.81. The van der Waals surface area contributed by atoms with Crippen molar-refractivity contribution < 1.29 is 4.79 Å². The molecular formula is C16H18N2OS. The molecule has 0 atom stereocenters. The lowest BCUT2D eigenvalue weighted by Gasteiger charge is -2.18. The number of rotatable bonds is 3. The third kappa shape index (κ3) is 3.33. The molecule has 1 aromatic heterocycles. The second-order valence-electron chi connectivity index (χ2n) is 4.81. The van der Waals surface area contributed by atoms with Crippen molar-refractivity contribution >= 4 is 29.0 Å². The molecule has 0 spiro atoms. The van der Waals surface area contributed by atoms with E-state index in [-0.39, 0.29) is 5.91 Å². The Balaban J connectivity index is 2.14. The van der Waals surface area contributed by atoms with E-state index in [0.717, 1.165) is 22.0 Å². The summed E-state index contributed by atoms with van der Waals surface area (Å²) in [5.41, 5.74) is 4.05. The van der Waals surface area contributed by atoms with Crippen molar-refractivity contribution in [3.05, 3.63) is 51.5 Å². The second-order valence-corrected chi connectivity index (χ2v) is 5.87. The van der Waals surface area contributed by atoms with Gasteiger partial charge in [-0.15, -0.1) is 11.3 Å². The third-order valence-electron chi connectivity index (χ3n) is 3.08. The van der Waals surface area contributed by atoms with Crippen molar-refractivity contribution in [2.45, 2.75) is 20.8 Å². The minimum atomic E-state index is -0.0531. The van der Waals surface area contributed by atoms with Crippen LogP contribution in [0.25, 0.3) is 6.08 Å². The fourth-order valence-electron chi connectivity index (χ4n) is 2.03. The van der Waals surface area contributed by atoms with E-state index in [9.17, 15) is 4.79 Å². The summed E-state index contributed by atoms with van der Waals surface area (Å²) < 4.78 is 0. The van der Waals surface area contributed by atoms with Crippen molar-refractivity contribution in [2.75, 3.05) is 11.9 Å². The molecule has 0 bridgehead atoms. The average molecular weight is 286 g/mol. The summed E-state index contributed by atoms with van der Waals surface area (Å²) >= 11 is 1.58. The SMILES string of the molecule is Cc1ccc(N(C)C(=O)C=Cc2csc(C)n2)c(C)c1. The third-order valence-corrected chi connectivity index (χ3v) is 3.87. The van der Waals surface area contributed by atoms with Crippen LogP contribution in [0.2, 0.25) is 0 Å². The summed E-state index contributed by atoms with van der Waals surface area (Å²) in [6, 6.07) is 6.07. The van der Waals surface area contributed by atoms with Gasteiger partial charge in [-0.05, 0) is 38.5 Å². The number of carbonyl (C=O) groups is 1. The number of nitrogens with zero attached hydrogens (tertiary/aromatic N) is 2. The quantitative estimate of drug-likeness (QED) is 0.805. The zero-order chi connectivity index (χ0) is 14.7. The highest BCUT2D eigenvalue weighted by Gasteiger charge is 2.10. The summed E-state index contributed by atoms with van der Waals surface area (Å²) in [5.74, 6) is -0.0531. The Kier molecular flexibility index (Phi) is 4.35. The van der Waals surface area contributed by atoms with Crippen LogP contribution in [0.5, 0.6) is 0 Å². The van der Waals surface area contributed by atoms with Gasteiger partial charge in [-0.2, -0.15) is 0 Å². The lowest BCUT2D eigenvalue weighted by Crippen LogP contribution is -2.24. The molecule has 0 aliphatic heterocycles. The maximum absolute atomic E-state index is 12.2. The van der Waals surface area contributed by atoms with Crippen molar-refractivity contribution in [3.63, 3.8) is 0 Å². The van der Waals surface area contributed by atoms with Crippen LogP contribution in [-0.4, -0.2) is 17.9 Å². The molecule has 104 valence electrons. The van der Waals surface area contributed by atoms with E-state index in [1.54, 1.807) is 35.4 Å². The van der Waals surface area contributed by atoms with Gasteiger partial charge in [-0.1, -0.05) is 17.7 Å². The normalized spacial score (nSPS) is 11.0. The van der Waals surface area contributed by atoms with Gasteiger partial charge in [0.25, 0.3) is 5.91 Å². The van der Waals surface area contributed by atoms with E-state index in [2.05, 4.69) is 11.1 Å². The molecule has 0 aliphatic rings. The van der Waals surface area contributed by atoms with Crippen LogP contribution in [-0.2, 0) is 4.79 Å². The number of hydrogen-bond acceptors (Lipinski definition) is 3. The number of hydrogen-bond donors (Lipinski definition) is 0. The molecule has 0 saturated carbocycles. The number of benzene rings is 1. The summed E-state index contributed by atoms with van der Waals surface area (Å²) in [5, 5.41) is 2.94. The number of amides is 1. The number of thiazole rings is 1. The van der Waals surface area contributed by atoms with Crippen LogP contribution < -0.4 is 4.90 Å². The molecule has 0 radical (unpaired) electrons. The highest BCUT2D eigenvalue weighted by molar-refractivity contribution is 7.09. The van der Waals surface area contributed by atoms with E-state index in [0.29, 0.717) is 0 Å². The maximum Gasteiger partial charge on any atom is 0.250 e. The van der Waals surface area contributed by atoms with Crippen LogP contribution in [0.15, 0.2) is 29.7 Å². The number of aryl methyl sites for hydroxylation is 3. The molecule has 2 rings (SSSR count). The Labute approximate surface area is 123 Å².